The molecule has 0 radical (unpaired) electrons. The predicted octanol–water partition coefficient (Wildman–Crippen LogP) is 4.95. The number of rotatable bonds is 3. The molecule has 0 N–H and O–H groups in total. The first-order chi connectivity index (χ1) is 13.7. The molecule has 0 amide bonds. The Morgan fingerprint density at radius 2 is 1.62 bits per heavy atom. The van der Waals surface area contributed by atoms with Crippen LogP contribution in [0.1, 0.15) is 22.9 Å². The van der Waals surface area contributed by atoms with Crippen molar-refractivity contribution in [2.45, 2.75) is 23.7 Å². The third kappa shape index (κ3) is 3.56. The minimum atomic E-state index is -4.78. The number of nitrogens with zero attached hydrogens (tertiary/aromatic N) is 2. The van der Waals surface area contributed by atoms with Crippen LogP contribution >= 0.6 is 11.6 Å². The van der Waals surface area contributed by atoms with Gasteiger partial charge in [-0.1, -0.05) is 35.9 Å². The quantitative estimate of drug-likeness (QED) is 0.578. The first-order valence-corrected chi connectivity index (χ1v) is 10.6. The van der Waals surface area contributed by atoms with Crippen LogP contribution in [0.15, 0.2) is 71.8 Å². The van der Waals surface area contributed by atoms with Gasteiger partial charge < -0.3 is 4.57 Å². The highest BCUT2D eigenvalue weighted by atomic mass is 35.5. The van der Waals surface area contributed by atoms with Crippen LogP contribution in [0.3, 0.4) is 0 Å². The van der Waals surface area contributed by atoms with Gasteiger partial charge in [0.15, 0.2) is 0 Å². The summed E-state index contributed by atoms with van der Waals surface area (Å²) in [5.41, 5.74) is 0.143. The highest BCUT2D eigenvalue weighted by molar-refractivity contribution is 7.89. The Bertz CT molecular complexity index is 1140. The summed E-state index contributed by atoms with van der Waals surface area (Å²) in [6.07, 6.45) is -2.96. The molecule has 0 fully saturated rings. The zero-order valence-electron chi connectivity index (χ0n) is 15.0. The minimum absolute atomic E-state index is 0.0451. The first kappa shape index (κ1) is 20.0. The van der Waals surface area contributed by atoms with E-state index in [2.05, 4.69) is 0 Å². The molecule has 152 valence electrons. The minimum Gasteiger partial charge on any atom is -0.348 e. The van der Waals surface area contributed by atoms with Gasteiger partial charge in [0.25, 0.3) is 0 Å². The summed E-state index contributed by atoms with van der Waals surface area (Å²) in [6.45, 7) is 0.392. The molecule has 3 aromatic rings. The number of halogens is 4. The SMILES string of the molecule is O=S(=O)(c1ccccc1C(F)(F)F)N1CCn2cccc2C1c1ccc(Cl)cc1. The van der Waals surface area contributed by atoms with E-state index >= 15 is 0 Å². The van der Waals surface area contributed by atoms with E-state index < -0.39 is 32.7 Å². The molecule has 9 heteroatoms. The van der Waals surface area contributed by atoms with Crippen molar-refractivity contribution in [2.75, 3.05) is 6.54 Å². The summed E-state index contributed by atoms with van der Waals surface area (Å²) in [7, 11) is -4.44. The largest absolute Gasteiger partial charge is 0.417 e. The van der Waals surface area contributed by atoms with Crippen molar-refractivity contribution in [3.05, 3.63) is 88.7 Å². The Balaban J connectivity index is 1.88. The van der Waals surface area contributed by atoms with Gasteiger partial charge in [-0.15, -0.1) is 0 Å². The van der Waals surface area contributed by atoms with Gasteiger partial charge in [-0.3, -0.25) is 0 Å². The van der Waals surface area contributed by atoms with Crippen LogP contribution in [0.2, 0.25) is 5.02 Å². The normalized spacial score (nSPS) is 17.9. The molecule has 0 bridgehead atoms. The van der Waals surface area contributed by atoms with E-state index in [1.54, 1.807) is 36.4 Å². The maximum absolute atomic E-state index is 13.5. The Hall–Kier alpha value is -2.29. The zero-order valence-corrected chi connectivity index (χ0v) is 16.5. The van der Waals surface area contributed by atoms with Gasteiger partial charge in [-0.25, -0.2) is 8.42 Å². The van der Waals surface area contributed by atoms with Crippen LogP contribution in [-0.4, -0.2) is 23.8 Å². The van der Waals surface area contributed by atoms with Gasteiger partial charge in [-0.05, 0) is 42.0 Å². The molecule has 1 aromatic heterocycles. The fourth-order valence-electron chi connectivity index (χ4n) is 3.66. The fourth-order valence-corrected chi connectivity index (χ4v) is 5.58. The number of benzene rings is 2. The lowest BCUT2D eigenvalue weighted by Crippen LogP contribution is -2.42. The smallest absolute Gasteiger partial charge is 0.348 e. The maximum atomic E-state index is 13.5. The van der Waals surface area contributed by atoms with Crippen LogP contribution < -0.4 is 0 Å². The van der Waals surface area contributed by atoms with Gasteiger partial charge in [0.1, 0.15) is 0 Å². The highest BCUT2D eigenvalue weighted by Crippen LogP contribution is 2.40. The van der Waals surface area contributed by atoms with E-state index in [0.717, 1.165) is 16.4 Å². The van der Waals surface area contributed by atoms with E-state index in [4.69, 9.17) is 11.6 Å². The Morgan fingerprint density at radius 1 is 0.931 bits per heavy atom. The molecule has 4 rings (SSSR count). The lowest BCUT2D eigenvalue weighted by atomic mass is 10.0. The molecule has 1 unspecified atom stereocenters. The number of hydrogen-bond donors (Lipinski definition) is 0. The number of sulfonamides is 1. The topological polar surface area (TPSA) is 42.3 Å². The first-order valence-electron chi connectivity index (χ1n) is 8.78. The van der Waals surface area contributed by atoms with Crippen molar-refractivity contribution in [3.8, 4) is 0 Å². The van der Waals surface area contributed by atoms with Crippen molar-refractivity contribution < 1.29 is 21.6 Å². The molecule has 0 saturated carbocycles. The van der Waals surface area contributed by atoms with Crippen LogP contribution in [0.4, 0.5) is 13.2 Å². The van der Waals surface area contributed by atoms with Crippen LogP contribution in [-0.2, 0) is 22.7 Å². The zero-order chi connectivity index (χ0) is 20.8. The second-order valence-electron chi connectivity index (χ2n) is 6.69. The van der Waals surface area contributed by atoms with Gasteiger partial charge in [0.05, 0.1) is 16.5 Å². The summed E-state index contributed by atoms with van der Waals surface area (Å²) in [5.74, 6) is 0. The molecule has 2 aromatic carbocycles. The third-order valence-corrected chi connectivity index (χ3v) is 7.13. The van der Waals surface area contributed by atoms with E-state index in [1.807, 2.05) is 10.8 Å². The molecular formula is C20H16ClF3N2O2S. The molecule has 4 nitrogen and oxygen atoms in total. The van der Waals surface area contributed by atoms with Crippen LogP contribution in [0, 0.1) is 0 Å². The van der Waals surface area contributed by atoms with E-state index in [0.29, 0.717) is 22.8 Å². The average Bonchev–Trinajstić information content (AvgIpc) is 3.16. The van der Waals surface area contributed by atoms with Crippen LogP contribution in [0.25, 0.3) is 0 Å². The number of fused-ring (bicyclic) bond motifs is 1. The number of aromatic nitrogens is 1. The lowest BCUT2D eigenvalue weighted by Gasteiger charge is -2.36. The highest BCUT2D eigenvalue weighted by Gasteiger charge is 2.42. The van der Waals surface area contributed by atoms with Crippen molar-refractivity contribution >= 4 is 21.6 Å². The van der Waals surface area contributed by atoms with Crippen LogP contribution in [0.5, 0.6) is 0 Å². The van der Waals surface area contributed by atoms with Gasteiger partial charge in [-0.2, -0.15) is 17.5 Å². The second-order valence-corrected chi connectivity index (χ2v) is 8.99. The number of alkyl halides is 3. The lowest BCUT2D eigenvalue weighted by molar-refractivity contribution is -0.139. The van der Waals surface area contributed by atoms with Gasteiger partial charge in [0.2, 0.25) is 10.0 Å². The third-order valence-electron chi connectivity index (χ3n) is 4.96. The summed E-state index contributed by atoms with van der Waals surface area (Å²) < 4.78 is 70.4. The molecule has 1 atom stereocenters. The molecule has 0 aliphatic carbocycles. The molecule has 29 heavy (non-hydrogen) atoms. The molecular weight excluding hydrogens is 425 g/mol. The summed E-state index contributed by atoms with van der Waals surface area (Å²) >= 11 is 5.96. The Kier molecular flexibility index (Phi) is 4.96. The Labute approximate surface area is 171 Å². The van der Waals surface area contributed by atoms with Crippen molar-refractivity contribution in [3.63, 3.8) is 0 Å². The second kappa shape index (κ2) is 7.19. The monoisotopic (exact) mass is 440 g/mol. The molecule has 2 heterocycles. The standard InChI is InChI=1S/C20H16ClF3N2O2S/c21-15-9-7-14(8-10-15)19-17-5-3-11-25(17)12-13-26(19)29(27,28)18-6-2-1-4-16(18)20(22,23)24/h1-11,19H,12-13H2. The van der Waals surface area contributed by atoms with Crippen molar-refractivity contribution in [2.24, 2.45) is 0 Å². The molecule has 0 spiro atoms. The molecule has 0 saturated heterocycles. The Morgan fingerprint density at radius 3 is 2.31 bits per heavy atom. The van der Waals surface area contributed by atoms with Crippen molar-refractivity contribution in [1.82, 2.24) is 8.87 Å². The average molecular weight is 441 g/mol. The number of hydrogen-bond acceptors (Lipinski definition) is 2. The van der Waals surface area contributed by atoms with E-state index in [1.165, 1.54) is 12.1 Å². The summed E-state index contributed by atoms with van der Waals surface area (Å²) in [5, 5.41) is 0.483. The fraction of sp³-hybridized carbons (Fsp3) is 0.200. The van der Waals surface area contributed by atoms with Crippen molar-refractivity contribution in [1.29, 1.82) is 0 Å². The predicted molar refractivity (Wildman–Crippen MR) is 103 cm³/mol. The molecule has 1 aliphatic heterocycles. The van der Waals surface area contributed by atoms with E-state index in [-0.39, 0.29) is 6.54 Å². The maximum Gasteiger partial charge on any atom is 0.417 e. The molecule has 1 aliphatic rings. The van der Waals surface area contributed by atoms with E-state index in [9.17, 15) is 21.6 Å². The van der Waals surface area contributed by atoms with Gasteiger partial charge in [0, 0.05) is 30.0 Å². The van der Waals surface area contributed by atoms with Gasteiger partial charge >= 0.3 is 6.18 Å². The summed E-state index contributed by atoms with van der Waals surface area (Å²) in [6, 6.07) is 13.7. The summed E-state index contributed by atoms with van der Waals surface area (Å²) in [4.78, 5) is -0.744.